The van der Waals surface area contributed by atoms with Crippen molar-refractivity contribution in [3.63, 3.8) is 0 Å². The van der Waals surface area contributed by atoms with Gasteiger partial charge in [0.05, 0.1) is 28.2 Å². The van der Waals surface area contributed by atoms with Crippen LogP contribution in [-0.4, -0.2) is 14.9 Å². The molecule has 0 amide bonds. The van der Waals surface area contributed by atoms with Gasteiger partial charge in [-0.1, -0.05) is 36.7 Å². The summed E-state index contributed by atoms with van der Waals surface area (Å²) in [4.78, 5) is 0. The lowest BCUT2D eigenvalue weighted by atomic mass is 10.1. The minimum atomic E-state index is -0.483. The number of aromatic nitrogens is 2. The van der Waals surface area contributed by atoms with E-state index in [2.05, 4.69) is 5.10 Å². The molecule has 18 heavy (non-hydrogen) atoms. The fraction of sp³-hybridized carbons (Fsp3) is 0.357. The molecule has 0 bridgehead atoms. The Hall–Kier alpha value is -1.32. The standard InChI is InChI=1S/C14H17ClN2O/c1-4-13(18)11-7-5-6-8-12(11)17-10(3)14(15)9(2)16-17/h5-8,13,18H,4H2,1-3H3/t13-/m0/s1. The Morgan fingerprint density at radius 2 is 2.00 bits per heavy atom. The molecule has 0 unspecified atom stereocenters. The minimum absolute atomic E-state index is 0.483. The van der Waals surface area contributed by atoms with Crippen LogP contribution >= 0.6 is 11.6 Å². The predicted octanol–water partition coefficient (Wildman–Crippen LogP) is 3.59. The number of rotatable bonds is 3. The van der Waals surface area contributed by atoms with Crippen molar-refractivity contribution in [1.29, 1.82) is 0 Å². The highest BCUT2D eigenvalue weighted by Crippen LogP contribution is 2.28. The number of benzene rings is 1. The second-order valence-corrected chi connectivity index (χ2v) is 4.76. The Labute approximate surface area is 112 Å². The first-order chi connectivity index (χ1) is 8.56. The molecular weight excluding hydrogens is 248 g/mol. The third-order valence-electron chi connectivity index (χ3n) is 3.11. The summed E-state index contributed by atoms with van der Waals surface area (Å²) in [6.45, 7) is 5.76. The molecule has 96 valence electrons. The second kappa shape index (κ2) is 5.12. The summed E-state index contributed by atoms with van der Waals surface area (Å²) in [6, 6.07) is 7.73. The lowest BCUT2D eigenvalue weighted by Gasteiger charge is -2.15. The van der Waals surface area contributed by atoms with Crippen molar-refractivity contribution >= 4 is 11.6 Å². The topological polar surface area (TPSA) is 38.0 Å². The average Bonchev–Trinajstić information content (AvgIpc) is 2.65. The predicted molar refractivity (Wildman–Crippen MR) is 73.3 cm³/mol. The molecule has 4 heteroatoms. The first-order valence-electron chi connectivity index (χ1n) is 6.05. The zero-order valence-corrected chi connectivity index (χ0v) is 11.6. The van der Waals surface area contributed by atoms with Crippen LogP contribution in [0.25, 0.3) is 5.69 Å². The molecule has 0 aliphatic carbocycles. The highest BCUT2D eigenvalue weighted by molar-refractivity contribution is 6.31. The number of hydrogen-bond acceptors (Lipinski definition) is 2. The molecule has 3 nitrogen and oxygen atoms in total. The zero-order valence-electron chi connectivity index (χ0n) is 10.8. The maximum Gasteiger partial charge on any atom is 0.0848 e. The van der Waals surface area contributed by atoms with Crippen LogP contribution in [0.4, 0.5) is 0 Å². The summed E-state index contributed by atoms with van der Waals surface area (Å²) in [5.74, 6) is 0. The maximum absolute atomic E-state index is 10.1. The van der Waals surface area contributed by atoms with Crippen molar-refractivity contribution in [1.82, 2.24) is 9.78 Å². The van der Waals surface area contributed by atoms with Gasteiger partial charge in [-0.15, -0.1) is 0 Å². The van der Waals surface area contributed by atoms with Gasteiger partial charge in [-0.2, -0.15) is 5.10 Å². The van der Waals surface area contributed by atoms with E-state index in [0.717, 1.165) is 22.6 Å². The highest BCUT2D eigenvalue weighted by Gasteiger charge is 2.16. The third-order valence-corrected chi connectivity index (χ3v) is 3.66. The average molecular weight is 265 g/mol. The van der Waals surface area contributed by atoms with Crippen LogP contribution < -0.4 is 0 Å². The number of nitrogens with zero attached hydrogens (tertiary/aromatic N) is 2. The van der Waals surface area contributed by atoms with Crippen LogP contribution in [0.5, 0.6) is 0 Å². The SMILES string of the molecule is CC[C@H](O)c1ccccc1-n1nc(C)c(Cl)c1C. The number of aliphatic hydroxyl groups is 1. The fourth-order valence-electron chi connectivity index (χ4n) is 2.04. The quantitative estimate of drug-likeness (QED) is 0.920. The van der Waals surface area contributed by atoms with Gasteiger partial charge in [0, 0.05) is 5.56 Å². The lowest BCUT2D eigenvalue weighted by Crippen LogP contribution is -2.06. The largest absolute Gasteiger partial charge is 0.388 e. The number of aliphatic hydroxyl groups excluding tert-OH is 1. The van der Waals surface area contributed by atoms with Gasteiger partial charge in [-0.05, 0) is 26.3 Å². The van der Waals surface area contributed by atoms with Crippen molar-refractivity contribution in [2.75, 3.05) is 0 Å². The van der Waals surface area contributed by atoms with Crippen molar-refractivity contribution < 1.29 is 5.11 Å². The molecule has 0 fully saturated rings. The van der Waals surface area contributed by atoms with E-state index in [0.29, 0.717) is 11.4 Å². The van der Waals surface area contributed by atoms with Crippen LogP contribution in [0.15, 0.2) is 24.3 Å². The molecule has 0 spiro atoms. The van der Waals surface area contributed by atoms with E-state index in [1.165, 1.54) is 0 Å². The van der Waals surface area contributed by atoms with Gasteiger partial charge in [0.15, 0.2) is 0 Å². The Bertz CT molecular complexity index is 563. The summed E-state index contributed by atoms with van der Waals surface area (Å²) in [7, 11) is 0. The highest BCUT2D eigenvalue weighted by atomic mass is 35.5. The molecule has 0 aliphatic heterocycles. The lowest BCUT2D eigenvalue weighted by molar-refractivity contribution is 0.173. The van der Waals surface area contributed by atoms with E-state index in [1.54, 1.807) is 4.68 Å². The molecule has 1 aromatic heterocycles. The Balaban J connectivity index is 2.60. The van der Waals surface area contributed by atoms with Gasteiger partial charge in [0.2, 0.25) is 0 Å². The van der Waals surface area contributed by atoms with Crippen molar-refractivity contribution in [2.45, 2.75) is 33.3 Å². The summed E-state index contributed by atoms with van der Waals surface area (Å²) >= 11 is 6.17. The Morgan fingerprint density at radius 3 is 2.56 bits per heavy atom. The van der Waals surface area contributed by atoms with E-state index >= 15 is 0 Å². The molecule has 1 N–H and O–H groups in total. The molecule has 2 rings (SSSR count). The molecule has 1 heterocycles. The summed E-state index contributed by atoms with van der Waals surface area (Å²) in [5, 5.41) is 15.2. The van der Waals surface area contributed by atoms with E-state index in [9.17, 15) is 5.11 Å². The van der Waals surface area contributed by atoms with Crippen LogP contribution in [0.3, 0.4) is 0 Å². The van der Waals surface area contributed by atoms with Gasteiger partial charge in [-0.3, -0.25) is 0 Å². The van der Waals surface area contributed by atoms with Gasteiger partial charge in [0.1, 0.15) is 0 Å². The summed E-state index contributed by atoms with van der Waals surface area (Å²) in [6.07, 6.45) is 0.188. The molecule has 0 saturated carbocycles. The van der Waals surface area contributed by atoms with Gasteiger partial charge < -0.3 is 5.11 Å². The number of para-hydroxylation sites is 1. The number of hydrogen-bond donors (Lipinski definition) is 1. The minimum Gasteiger partial charge on any atom is -0.388 e. The number of halogens is 1. The second-order valence-electron chi connectivity index (χ2n) is 4.38. The third kappa shape index (κ3) is 2.16. The van der Waals surface area contributed by atoms with Crippen molar-refractivity contribution in [3.05, 3.63) is 46.2 Å². The van der Waals surface area contributed by atoms with Crippen LogP contribution in [-0.2, 0) is 0 Å². The van der Waals surface area contributed by atoms with E-state index in [1.807, 2.05) is 45.0 Å². The van der Waals surface area contributed by atoms with Crippen LogP contribution in [0, 0.1) is 13.8 Å². The van der Waals surface area contributed by atoms with E-state index in [4.69, 9.17) is 11.6 Å². The summed E-state index contributed by atoms with van der Waals surface area (Å²) < 4.78 is 1.80. The molecule has 1 aromatic carbocycles. The fourth-order valence-corrected chi connectivity index (χ4v) is 2.16. The van der Waals surface area contributed by atoms with Gasteiger partial charge in [-0.25, -0.2) is 4.68 Å². The van der Waals surface area contributed by atoms with Crippen molar-refractivity contribution in [3.8, 4) is 5.69 Å². The van der Waals surface area contributed by atoms with E-state index in [-0.39, 0.29) is 0 Å². The number of aryl methyl sites for hydroxylation is 1. The molecule has 2 aromatic rings. The Morgan fingerprint density at radius 1 is 1.33 bits per heavy atom. The first kappa shape index (κ1) is 13.1. The van der Waals surface area contributed by atoms with E-state index < -0.39 is 6.10 Å². The van der Waals surface area contributed by atoms with Crippen LogP contribution in [0.1, 0.15) is 36.4 Å². The smallest absolute Gasteiger partial charge is 0.0848 e. The Kier molecular flexibility index (Phi) is 3.73. The maximum atomic E-state index is 10.1. The first-order valence-corrected chi connectivity index (χ1v) is 6.43. The molecule has 0 aliphatic rings. The van der Waals surface area contributed by atoms with Crippen molar-refractivity contribution in [2.24, 2.45) is 0 Å². The molecule has 0 radical (unpaired) electrons. The molecule has 0 saturated heterocycles. The van der Waals surface area contributed by atoms with Gasteiger partial charge in [0.25, 0.3) is 0 Å². The monoisotopic (exact) mass is 264 g/mol. The normalized spacial score (nSPS) is 12.7. The summed E-state index contributed by atoms with van der Waals surface area (Å²) in [5.41, 5.74) is 3.46. The van der Waals surface area contributed by atoms with Gasteiger partial charge >= 0.3 is 0 Å². The molecule has 1 atom stereocenters. The van der Waals surface area contributed by atoms with Crippen LogP contribution in [0.2, 0.25) is 5.02 Å². The zero-order chi connectivity index (χ0) is 13.3. The molecular formula is C14H17ClN2O.